The highest BCUT2D eigenvalue weighted by Crippen LogP contribution is 2.21. The number of carboxylic acids is 1. The second-order valence-corrected chi connectivity index (χ2v) is 7.20. The lowest BCUT2D eigenvalue weighted by molar-refractivity contribution is -0.141. The van der Waals surface area contributed by atoms with Crippen LogP contribution in [0, 0.1) is 5.82 Å². The molecule has 6 nitrogen and oxygen atoms in total. The van der Waals surface area contributed by atoms with Gasteiger partial charge >= 0.3 is 5.97 Å². The van der Waals surface area contributed by atoms with Gasteiger partial charge in [-0.05, 0) is 24.6 Å². The zero-order valence-electron chi connectivity index (χ0n) is 11.1. The number of rotatable bonds is 5. The second-order valence-electron chi connectivity index (χ2n) is 4.43. The van der Waals surface area contributed by atoms with Crippen molar-refractivity contribution in [1.82, 2.24) is 5.32 Å². The van der Waals surface area contributed by atoms with Gasteiger partial charge in [-0.1, -0.05) is 17.7 Å². The SMILES string of the molecule is CC(C(=O)NC(C(=O)O)c1ccc(Cl)c(F)c1)S(C)(=O)=O. The van der Waals surface area contributed by atoms with Gasteiger partial charge < -0.3 is 10.4 Å². The number of aliphatic carboxylic acids is 1. The van der Waals surface area contributed by atoms with Crippen LogP contribution in [0.5, 0.6) is 0 Å². The summed E-state index contributed by atoms with van der Waals surface area (Å²) in [5.74, 6) is -3.28. The van der Waals surface area contributed by atoms with Gasteiger partial charge in [-0.2, -0.15) is 0 Å². The smallest absolute Gasteiger partial charge is 0.330 e. The van der Waals surface area contributed by atoms with Crippen molar-refractivity contribution in [3.8, 4) is 0 Å². The quantitative estimate of drug-likeness (QED) is 0.839. The first kappa shape index (κ1) is 17.4. The van der Waals surface area contributed by atoms with Crippen molar-refractivity contribution in [2.75, 3.05) is 6.26 Å². The molecule has 0 aliphatic carbocycles. The molecule has 1 aromatic carbocycles. The number of carbonyl (C=O) groups is 2. The first-order chi connectivity index (χ1) is 9.54. The minimum Gasteiger partial charge on any atom is -0.479 e. The van der Waals surface area contributed by atoms with Gasteiger partial charge in [0.05, 0.1) is 5.02 Å². The zero-order chi connectivity index (χ0) is 16.4. The fraction of sp³-hybridized carbons (Fsp3) is 0.333. The molecule has 0 radical (unpaired) electrons. The number of carboxylic acid groups (broad SMARTS) is 1. The Hall–Kier alpha value is -1.67. The molecule has 0 aliphatic heterocycles. The average Bonchev–Trinajstić information content (AvgIpc) is 2.36. The van der Waals surface area contributed by atoms with E-state index in [4.69, 9.17) is 16.7 Å². The summed E-state index contributed by atoms with van der Waals surface area (Å²) in [6.45, 7) is 1.13. The van der Waals surface area contributed by atoms with Crippen LogP contribution in [-0.4, -0.2) is 36.9 Å². The summed E-state index contributed by atoms with van der Waals surface area (Å²) in [4.78, 5) is 22.9. The Morgan fingerprint density at radius 3 is 2.38 bits per heavy atom. The van der Waals surface area contributed by atoms with Crippen LogP contribution in [0.15, 0.2) is 18.2 Å². The third-order valence-corrected chi connectivity index (χ3v) is 4.63. The van der Waals surface area contributed by atoms with E-state index in [1.807, 2.05) is 0 Å². The highest BCUT2D eigenvalue weighted by molar-refractivity contribution is 7.92. The van der Waals surface area contributed by atoms with Gasteiger partial charge in [0.25, 0.3) is 0 Å². The molecular formula is C12H13ClFNO5S. The molecule has 0 aliphatic rings. The van der Waals surface area contributed by atoms with Gasteiger partial charge in [0, 0.05) is 6.26 Å². The lowest BCUT2D eigenvalue weighted by atomic mass is 10.1. The summed E-state index contributed by atoms with van der Waals surface area (Å²) in [6, 6.07) is 1.67. The van der Waals surface area contributed by atoms with Gasteiger partial charge in [-0.3, -0.25) is 4.79 Å². The maximum absolute atomic E-state index is 13.4. The molecule has 1 amide bonds. The standard InChI is InChI=1S/C12H13ClFNO5S/c1-6(21(2,19)20)11(16)15-10(12(17)18)7-3-4-8(13)9(14)5-7/h3-6,10H,1-2H3,(H,15,16)(H,17,18). The number of amides is 1. The van der Waals surface area contributed by atoms with Crippen molar-refractivity contribution >= 4 is 33.3 Å². The molecule has 0 saturated heterocycles. The Morgan fingerprint density at radius 1 is 1.38 bits per heavy atom. The highest BCUT2D eigenvalue weighted by Gasteiger charge is 2.29. The lowest BCUT2D eigenvalue weighted by Gasteiger charge is -2.17. The van der Waals surface area contributed by atoms with Crippen LogP contribution in [0.2, 0.25) is 5.02 Å². The predicted octanol–water partition coefficient (Wildman–Crippen LogP) is 1.15. The van der Waals surface area contributed by atoms with Crippen LogP contribution >= 0.6 is 11.6 Å². The molecule has 116 valence electrons. The van der Waals surface area contributed by atoms with E-state index in [1.54, 1.807) is 0 Å². The molecule has 0 fully saturated rings. The first-order valence-corrected chi connectivity index (χ1v) is 8.04. The van der Waals surface area contributed by atoms with Crippen molar-refractivity contribution in [3.05, 3.63) is 34.6 Å². The number of hydrogen-bond donors (Lipinski definition) is 2. The zero-order valence-corrected chi connectivity index (χ0v) is 12.7. The number of carbonyl (C=O) groups excluding carboxylic acids is 1. The number of sulfone groups is 1. The molecule has 2 atom stereocenters. The molecule has 0 heterocycles. The molecule has 21 heavy (non-hydrogen) atoms. The van der Waals surface area contributed by atoms with Gasteiger partial charge in [0.2, 0.25) is 5.91 Å². The van der Waals surface area contributed by atoms with Crippen LogP contribution in [0.25, 0.3) is 0 Å². The number of hydrogen-bond acceptors (Lipinski definition) is 4. The number of nitrogens with one attached hydrogen (secondary N) is 1. The molecule has 1 rings (SSSR count). The van der Waals surface area contributed by atoms with E-state index in [0.29, 0.717) is 0 Å². The van der Waals surface area contributed by atoms with E-state index in [-0.39, 0.29) is 10.6 Å². The minimum atomic E-state index is -3.67. The predicted molar refractivity (Wildman–Crippen MR) is 74.2 cm³/mol. The summed E-state index contributed by atoms with van der Waals surface area (Å²) >= 11 is 5.49. The minimum absolute atomic E-state index is 0.0570. The number of halogens is 2. The van der Waals surface area contributed by atoms with Crippen LogP contribution in [-0.2, 0) is 19.4 Å². The molecular weight excluding hydrogens is 325 g/mol. The molecule has 9 heteroatoms. The van der Waals surface area contributed by atoms with Gasteiger partial charge in [-0.25, -0.2) is 17.6 Å². The van der Waals surface area contributed by atoms with E-state index in [0.717, 1.165) is 25.3 Å². The topological polar surface area (TPSA) is 101 Å². The van der Waals surface area contributed by atoms with E-state index in [1.165, 1.54) is 6.07 Å². The largest absolute Gasteiger partial charge is 0.479 e. The third kappa shape index (κ3) is 4.40. The summed E-state index contributed by atoms with van der Waals surface area (Å²) in [5.41, 5.74) is -0.0570. The Labute approximate surface area is 125 Å². The lowest BCUT2D eigenvalue weighted by Crippen LogP contribution is -2.42. The maximum atomic E-state index is 13.4. The Morgan fingerprint density at radius 2 is 1.95 bits per heavy atom. The van der Waals surface area contributed by atoms with E-state index < -0.39 is 38.8 Å². The number of benzene rings is 1. The highest BCUT2D eigenvalue weighted by atomic mass is 35.5. The van der Waals surface area contributed by atoms with Crippen LogP contribution in [0.1, 0.15) is 18.5 Å². The van der Waals surface area contributed by atoms with Crippen LogP contribution in [0.3, 0.4) is 0 Å². The molecule has 0 spiro atoms. The van der Waals surface area contributed by atoms with Crippen molar-refractivity contribution in [3.63, 3.8) is 0 Å². The van der Waals surface area contributed by atoms with E-state index >= 15 is 0 Å². The van der Waals surface area contributed by atoms with Crippen molar-refractivity contribution in [2.45, 2.75) is 18.2 Å². The Kier molecular flexibility index (Phi) is 5.30. The molecule has 1 aromatic rings. The molecule has 2 N–H and O–H groups in total. The van der Waals surface area contributed by atoms with Crippen molar-refractivity contribution in [2.24, 2.45) is 0 Å². The summed E-state index contributed by atoms with van der Waals surface area (Å²) < 4.78 is 35.9. The molecule has 0 aromatic heterocycles. The Bertz CT molecular complexity index is 676. The van der Waals surface area contributed by atoms with Crippen molar-refractivity contribution < 1.29 is 27.5 Å². The van der Waals surface area contributed by atoms with Gasteiger partial charge in [-0.15, -0.1) is 0 Å². The fourth-order valence-corrected chi connectivity index (χ4v) is 2.01. The fourth-order valence-electron chi connectivity index (χ4n) is 1.43. The normalized spacial score (nSPS) is 14.3. The van der Waals surface area contributed by atoms with Gasteiger partial charge in [0.1, 0.15) is 11.1 Å². The molecule has 0 bridgehead atoms. The molecule has 2 unspecified atom stereocenters. The van der Waals surface area contributed by atoms with E-state index in [9.17, 15) is 22.4 Å². The van der Waals surface area contributed by atoms with Crippen molar-refractivity contribution in [1.29, 1.82) is 0 Å². The maximum Gasteiger partial charge on any atom is 0.330 e. The van der Waals surface area contributed by atoms with E-state index in [2.05, 4.69) is 5.32 Å². The van der Waals surface area contributed by atoms with Crippen LogP contribution in [0.4, 0.5) is 4.39 Å². The summed E-state index contributed by atoms with van der Waals surface area (Å²) in [7, 11) is -3.67. The monoisotopic (exact) mass is 337 g/mol. The average molecular weight is 338 g/mol. The summed E-state index contributed by atoms with van der Waals surface area (Å²) in [5, 5.41) is 9.54. The Balaban J connectivity index is 3.06. The molecule has 0 saturated carbocycles. The third-order valence-electron chi connectivity index (χ3n) is 2.82. The first-order valence-electron chi connectivity index (χ1n) is 5.71. The van der Waals surface area contributed by atoms with Gasteiger partial charge in [0.15, 0.2) is 15.9 Å². The summed E-state index contributed by atoms with van der Waals surface area (Å²) in [6.07, 6.45) is 0.856. The second kappa shape index (κ2) is 6.40. The van der Waals surface area contributed by atoms with Crippen LogP contribution < -0.4 is 5.32 Å².